The molecule has 0 saturated heterocycles. The Labute approximate surface area is 157 Å². The van der Waals surface area contributed by atoms with E-state index in [0.717, 1.165) is 0 Å². The summed E-state index contributed by atoms with van der Waals surface area (Å²) < 4.78 is 0. The van der Waals surface area contributed by atoms with Crippen molar-refractivity contribution in [2.75, 3.05) is 13.2 Å². The molecule has 0 rings (SSSR count). The number of carbonyl (C=O) groups is 3. The van der Waals surface area contributed by atoms with Crippen LogP contribution < -0.4 is 0 Å². The van der Waals surface area contributed by atoms with Gasteiger partial charge in [-0.3, -0.25) is 9.59 Å². The normalized spacial score (nSPS) is 15.3. The van der Waals surface area contributed by atoms with Crippen molar-refractivity contribution in [2.24, 2.45) is 0 Å². The molecule has 0 aliphatic heterocycles. The van der Waals surface area contributed by atoms with E-state index >= 15 is 0 Å². The molecule has 13 nitrogen and oxygen atoms in total. The molecule has 0 unspecified atom stereocenters. The summed E-state index contributed by atoms with van der Waals surface area (Å²) in [6.45, 7) is -1.45. The molecule has 0 aliphatic rings. The third-order valence-electron chi connectivity index (χ3n) is 2.80. The smallest absolute Gasteiger partial charge is 0.336 e. The van der Waals surface area contributed by atoms with E-state index in [1.165, 1.54) is 0 Å². The fourth-order valence-corrected chi connectivity index (χ4v) is 1.39. The number of carboxylic acid groups (broad SMARTS) is 3. The molecule has 0 heterocycles. The second-order valence-electron chi connectivity index (χ2n) is 4.96. The minimum atomic E-state index is -2.74. The van der Waals surface area contributed by atoms with Gasteiger partial charge >= 0.3 is 17.9 Å². The Morgan fingerprint density at radius 2 is 1.00 bits per heavy atom. The third-order valence-corrected chi connectivity index (χ3v) is 2.80. The van der Waals surface area contributed by atoms with Crippen LogP contribution in [0.3, 0.4) is 0 Å². The zero-order chi connectivity index (χ0) is 20.4. The minimum Gasteiger partial charge on any atom is -0.481 e. The molecule has 0 aromatic rings. The van der Waals surface area contributed by atoms with Crippen LogP contribution in [0.2, 0.25) is 0 Å². The molecule has 10 N–H and O–H groups in total. The minimum absolute atomic E-state index is 0. The first kappa shape index (κ1) is 29.4. The van der Waals surface area contributed by atoms with Gasteiger partial charge < -0.3 is 51.1 Å². The quantitative estimate of drug-likeness (QED) is 0.146. The van der Waals surface area contributed by atoms with Crippen molar-refractivity contribution in [3.63, 3.8) is 0 Å². The summed E-state index contributed by atoms with van der Waals surface area (Å²) >= 11 is 0. The Hall–Kier alpha value is -1.35. The third kappa shape index (κ3) is 11.3. The molecule has 26 heavy (non-hydrogen) atoms. The van der Waals surface area contributed by atoms with Gasteiger partial charge in [0.05, 0.1) is 26.1 Å². The summed E-state index contributed by atoms with van der Waals surface area (Å²) in [4.78, 5) is 30.5. The second-order valence-corrected chi connectivity index (χ2v) is 4.96. The first-order valence-corrected chi connectivity index (χ1v) is 6.65. The van der Waals surface area contributed by atoms with Crippen LogP contribution in [-0.2, 0) is 31.5 Å². The maximum absolute atomic E-state index is 10.3. The fraction of sp³-hybridized carbons (Fsp3) is 0.750. The number of hydrogen-bond acceptors (Lipinski definition) is 10. The van der Waals surface area contributed by atoms with E-state index in [1.54, 1.807) is 0 Å². The molecular weight excluding hydrogens is 408 g/mol. The number of aliphatic hydroxyl groups is 7. The number of aliphatic carboxylic acids is 3. The van der Waals surface area contributed by atoms with Crippen LogP contribution >= 0.6 is 0 Å². The Bertz CT molecular complexity index is 413. The van der Waals surface area contributed by atoms with E-state index in [1.807, 2.05) is 0 Å². The van der Waals surface area contributed by atoms with Crippen LogP contribution in [0.15, 0.2) is 0 Å². The molecule has 0 saturated carbocycles. The van der Waals surface area contributed by atoms with Gasteiger partial charge in [0.2, 0.25) is 0 Å². The van der Waals surface area contributed by atoms with E-state index in [-0.39, 0.29) is 17.1 Å². The maximum atomic E-state index is 10.3. The summed E-state index contributed by atoms with van der Waals surface area (Å²) in [6.07, 6.45) is -8.68. The van der Waals surface area contributed by atoms with E-state index < -0.39 is 74.0 Å². The first-order chi connectivity index (χ1) is 11.3. The van der Waals surface area contributed by atoms with Crippen LogP contribution in [0.5, 0.6) is 0 Å². The van der Waals surface area contributed by atoms with Crippen molar-refractivity contribution in [1.29, 1.82) is 0 Å². The zero-order valence-electron chi connectivity index (χ0n) is 13.2. The van der Waals surface area contributed by atoms with Crippen LogP contribution in [0.1, 0.15) is 12.8 Å². The van der Waals surface area contributed by atoms with Crippen molar-refractivity contribution >= 4 is 17.9 Å². The number of carboxylic acids is 3. The molecule has 0 aromatic heterocycles. The van der Waals surface area contributed by atoms with E-state index in [4.69, 9.17) is 51.1 Å². The van der Waals surface area contributed by atoms with Gasteiger partial charge in [0, 0.05) is 17.1 Å². The molecule has 0 amide bonds. The molecular formula is C12H22FeO13. The Morgan fingerprint density at radius 3 is 1.15 bits per heavy atom. The summed E-state index contributed by atoms with van der Waals surface area (Å²) in [6, 6.07) is 0. The summed E-state index contributed by atoms with van der Waals surface area (Å²) in [5, 5.41) is 86.0. The molecule has 0 spiro atoms. The maximum Gasteiger partial charge on any atom is 0.336 e. The van der Waals surface area contributed by atoms with Gasteiger partial charge in [-0.05, 0) is 0 Å². The molecule has 4 atom stereocenters. The number of rotatable bonds is 10. The van der Waals surface area contributed by atoms with E-state index in [2.05, 4.69) is 0 Å². The largest absolute Gasteiger partial charge is 0.481 e. The average Bonchev–Trinajstić information content (AvgIpc) is 2.50. The summed E-state index contributed by atoms with van der Waals surface area (Å²) in [5.41, 5.74) is -2.74. The van der Waals surface area contributed by atoms with Gasteiger partial charge in [0.1, 0.15) is 24.4 Å². The van der Waals surface area contributed by atoms with Crippen LogP contribution in [0, 0.1) is 0 Å². The summed E-state index contributed by atoms with van der Waals surface area (Å²) in [7, 11) is 0. The molecule has 156 valence electrons. The van der Waals surface area contributed by atoms with Crippen molar-refractivity contribution in [3.05, 3.63) is 0 Å². The van der Waals surface area contributed by atoms with Crippen LogP contribution in [-0.4, -0.2) is 112 Å². The Kier molecular flexibility index (Phi) is 15.6. The Balaban J connectivity index is -0.000000393. The van der Waals surface area contributed by atoms with Gasteiger partial charge in [0.25, 0.3) is 0 Å². The van der Waals surface area contributed by atoms with Gasteiger partial charge in [-0.2, -0.15) is 0 Å². The molecule has 0 aromatic carbocycles. The van der Waals surface area contributed by atoms with Crippen LogP contribution in [0.25, 0.3) is 0 Å². The standard InChI is InChI=1S/C6H8O7.C6H14O6.Fe/c7-3(8)1-6(13,5(11)12)2-4(9)10;7-1-3(9)5(11)6(12)4(10)2-8;/h13H,1-2H2,(H,7,8)(H,9,10)(H,11,12);3-12H,1-2H2;/t;3-,4+,5-,6-;/m.1./s1. The fourth-order valence-electron chi connectivity index (χ4n) is 1.39. The van der Waals surface area contributed by atoms with Gasteiger partial charge in [-0.1, -0.05) is 0 Å². The number of hydrogen-bond donors (Lipinski definition) is 10. The first-order valence-electron chi connectivity index (χ1n) is 6.65. The molecule has 14 heteroatoms. The van der Waals surface area contributed by atoms with Gasteiger partial charge in [0.15, 0.2) is 5.60 Å². The summed E-state index contributed by atoms with van der Waals surface area (Å²) in [5.74, 6) is -5.02. The number of aliphatic hydroxyl groups excluding tert-OH is 6. The molecule has 0 bridgehead atoms. The average molecular weight is 430 g/mol. The van der Waals surface area contributed by atoms with Crippen molar-refractivity contribution < 1.29 is 82.5 Å². The molecule has 0 radical (unpaired) electrons. The van der Waals surface area contributed by atoms with Crippen molar-refractivity contribution in [3.8, 4) is 0 Å². The predicted octanol–water partition coefficient (Wildman–Crippen LogP) is -4.84. The van der Waals surface area contributed by atoms with Crippen molar-refractivity contribution in [2.45, 2.75) is 42.9 Å². The zero-order valence-corrected chi connectivity index (χ0v) is 14.3. The van der Waals surface area contributed by atoms with Crippen LogP contribution in [0.4, 0.5) is 0 Å². The van der Waals surface area contributed by atoms with Gasteiger partial charge in [-0.25, -0.2) is 4.79 Å². The van der Waals surface area contributed by atoms with E-state index in [0.29, 0.717) is 0 Å². The SMILES string of the molecule is O=C(O)CC(O)(CC(=O)O)C(=O)O.OC[C@@H](O)[C@@H](O)[C@H](O)[C@@H](O)CO.[Fe]. The Morgan fingerprint density at radius 1 is 0.731 bits per heavy atom. The molecule has 0 fully saturated rings. The topological polar surface area (TPSA) is 254 Å². The predicted molar refractivity (Wildman–Crippen MR) is 75.3 cm³/mol. The second kappa shape index (κ2) is 13.8. The van der Waals surface area contributed by atoms with E-state index in [9.17, 15) is 14.4 Å². The molecule has 0 aliphatic carbocycles. The van der Waals surface area contributed by atoms with Crippen molar-refractivity contribution in [1.82, 2.24) is 0 Å². The monoisotopic (exact) mass is 430 g/mol. The van der Waals surface area contributed by atoms with Gasteiger partial charge in [-0.15, -0.1) is 0 Å².